The van der Waals surface area contributed by atoms with Gasteiger partial charge in [-0.15, -0.1) is 35.9 Å². The molecule has 1 aliphatic carbocycles. The zero-order valence-corrected chi connectivity index (χ0v) is 19.9. The molecule has 32 heavy (non-hydrogen) atoms. The van der Waals surface area contributed by atoms with Crippen LogP contribution in [0.3, 0.4) is 0 Å². The second-order valence-corrected chi connectivity index (χ2v) is 7.33. The topological polar surface area (TPSA) is 67.3 Å². The Labute approximate surface area is 200 Å². The Morgan fingerprint density at radius 1 is 0.906 bits per heavy atom. The molecule has 0 amide bonds. The van der Waals surface area contributed by atoms with Crippen LogP contribution < -0.4 is 0 Å². The van der Waals surface area contributed by atoms with E-state index in [1.54, 1.807) is 0 Å². The van der Waals surface area contributed by atoms with E-state index < -0.39 is 0 Å². The maximum Gasteiger partial charge on any atom is 0.194 e. The van der Waals surface area contributed by atoms with Gasteiger partial charge in [-0.1, -0.05) is 36.4 Å². The van der Waals surface area contributed by atoms with Crippen LogP contribution in [0, 0.1) is 6.07 Å². The number of rotatable bonds is 2. The van der Waals surface area contributed by atoms with Crippen LogP contribution in [0.15, 0.2) is 84.6 Å². The average molecular weight is 599 g/mol. The zero-order chi connectivity index (χ0) is 22.0. The molecule has 1 aromatic heterocycles. The maximum atomic E-state index is 12.7. The van der Waals surface area contributed by atoms with E-state index in [1.807, 2.05) is 60.7 Å². The van der Waals surface area contributed by atoms with E-state index in [2.05, 4.69) is 18.2 Å². The quantitative estimate of drug-likeness (QED) is 0.155. The minimum absolute atomic E-state index is 0. The first-order valence-corrected chi connectivity index (χ1v) is 9.88. The summed E-state index contributed by atoms with van der Waals surface area (Å²) in [5.74, 6) is 0.0217. The fourth-order valence-electron chi connectivity index (χ4n) is 3.64. The SMILES string of the molecule is CC(=O)/C=C(/C)O.O=C1c2ccccc2-c2cc3ccc(-c4[c-]cccc4)nc3cc21.[Ir]. The smallest absolute Gasteiger partial charge is 0.194 e. The molecule has 0 saturated heterocycles. The number of aliphatic hydroxyl groups is 1. The minimum atomic E-state index is -0.125. The van der Waals surface area contributed by atoms with Gasteiger partial charge in [0.05, 0.1) is 11.3 Å². The molecule has 0 atom stereocenters. The van der Waals surface area contributed by atoms with Gasteiger partial charge >= 0.3 is 0 Å². The molecule has 1 radical (unpaired) electrons. The van der Waals surface area contributed by atoms with E-state index in [-0.39, 0.29) is 37.4 Å². The number of pyridine rings is 1. The first-order chi connectivity index (χ1) is 14.9. The minimum Gasteiger partial charge on any atom is -0.512 e. The summed E-state index contributed by atoms with van der Waals surface area (Å²) < 4.78 is 0. The Hall–Kier alpha value is -3.40. The molecule has 0 saturated carbocycles. The normalized spacial score (nSPS) is 11.7. The number of hydrogen-bond acceptors (Lipinski definition) is 4. The summed E-state index contributed by atoms with van der Waals surface area (Å²) in [6, 6.07) is 26.8. The predicted molar refractivity (Wildman–Crippen MR) is 122 cm³/mol. The maximum absolute atomic E-state index is 12.7. The summed E-state index contributed by atoms with van der Waals surface area (Å²) in [5.41, 5.74) is 6.19. The van der Waals surface area contributed by atoms with Gasteiger partial charge in [-0.05, 0) is 48.2 Å². The molecule has 4 nitrogen and oxygen atoms in total. The Morgan fingerprint density at radius 3 is 2.25 bits per heavy atom. The molecule has 0 unspecified atom stereocenters. The van der Waals surface area contributed by atoms with Crippen molar-refractivity contribution < 1.29 is 34.8 Å². The van der Waals surface area contributed by atoms with Crippen molar-refractivity contribution >= 4 is 22.5 Å². The molecular weight excluding hydrogens is 579 g/mol. The predicted octanol–water partition coefficient (Wildman–Crippen LogP) is 5.95. The van der Waals surface area contributed by atoms with Crippen LogP contribution in [-0.2, 0) is 24.9 Å². The molecule has 3 aromatic carbocycles. The molecule has 0 aliphatic heterocycles. The zero-order valence-electron chi connectivity index (χ0n) is 17.5. The Morgan fingerprint density at radius 2 is 1.62 bits per heavy atom. The molecule has 1 aliphatic rings. The molecule has 0 bridgehead atoms. The Bertz CT molecular complexity index is 1340. The number of nitrogens with zero attached hydrogens (tertiary/aromatic N) is 1. The fraction of sp³-hybridized carbons (Fsp3) is 0.0741. The van der Waals surface area contributed by atoms with E-state index >= 15 is 0 Å². The Balaban J connectivity index is 0.000000318. The molecular formula is C27H20IrNO3-. The van der Waals surface area contributed by atoms with Crippen LogP contribution in [0.25, 0.3) is 33.3 Å². The van der Waals surface area contributed by atoms with Crippen molar-refractivity contribution in [1.29, 1.82) is 0 Å². The number of hydrogen-bond donors (Lipinski definition) is 1. The van der Waals surface area contributed by atoms with Crippen LogP contribution in [0.4, 0.5) is 0 Å². The molecule has 0 spiro atoms. The van der Waals surface area contributed by atoms with Crippen molar-refractivity contribution in [1.82, 2.24) is 4.98 Å². The Kier molecular flexibility index (Phi) is 7.14. The summed E-state index contributed by atoms with van der Waals surface area (Å²) in [4.78, 5) is 27.4. The van der Waals surface area contributed by atoms with E-state index in [0.29, 0.717) is 0 Å². The van der Waals surface area contributed by atoms with Gasteiger partial charge in [-0.2, -0.15) is 0 Å². The third kappa shape index (κ3) is 4.75. The summed E-state index contributed by atoms with van der Waals surface area (Å²) in [6.45, 7) is 2.85. The first-order valence-electron chi connectivity index (χ1n) is 9.88. The number of allylic oxidation sites excluding steroid dienone is 2. The largest absolute Gasteiger partial charge is 0.512 e. The van der Waals surface area contributed by atoms with Crippen LogP contribution in [0.1, 0.15) is 29.8 Å². The van der Waals surface area contributed by atoms with Crippen LogP contribution in [-0.4, -0.2) is 21.7 Å². The first kappa shape index (κ1) is 23.3. The van der Waals surface area contributed by atoms with Gasteiger partial charge in [0.2, 0.25) is 0 Å². The van der Waals surface area contributed by atoms with Gasteiger partial charge < -0.3 is 5.11 Å². The summed E-state index contributed by atoms with van der Waals surface area (Å²) in [7, 11) is 0. The van der Waals surface area contributed by atoms with Gasteiger partial charge in [0.15, 0.2) is 11.6 Å². The second kappa shape index (κ2) is 9.82. The molecule has 1 N–H and O–H groups in total. The van der Waals surface area contributed by atoms with Crippen LogP contribution >= 0.6 is 0 Å². The van der Waals surface area contributed by atoms with Crippen LogP contribution in [0.5, 0.6) is 0 Å². The van der Waals surface area contributed by atoms with Crippen LogP contribution in [0.2, 0.25) is 0 Å². The summed E-state index contributed by atoms with van der Waals surface area (Å²) in [5, 5.41) is 9.40. The fourth-order valence-corrected chi connectivity index (χ4v) is 3.64. The summed E-state index contributed by atoms with van der Waals surface area (Å²) >= 11 is 0. The van der Waals surface area contributed by atoms with Gasteiger partial charge in [0.25, 0.3) is 0 Å². The number of fused-ring (bicyclic) bond motifs is 4. The van der Waals surface area contributed by atoms with Crippen molar-refractivity contribution in [3.05, 3.63) is 102 Å². The molecule has 5 heteroatoms. The summed E-state index contributed by atoms with van der Waals surface area (Å²) in [6.07, 6.45) is 1.17. The molecule has 1 heterocycles. The van der Waals surface area contributed by atoms with E-state index in [1.165, 1.54) is 19.9 Å². The molecule has 0 fully saturated rings. The van der Waals surface area contributed by atoms with Gasteiger partial charge in [0, 0.05) is 37.3 Å². The van der Waals surface area contributed by atoms with E-state index in [9.17, 15) is 9.59 Å². The number of ketones is 2. The van der Waals surface area contributed by atoms with Crippen molar-refractivity contribution in [3.63, 3.8) is 0 Å². The number of aromatic nitrogens is 1. The van der Waals surface area contributed by atoms with Gasteiger partial charge in [-0.25, -0.2) is 0 Å². The third-order valence-electron chi connectivity index (χ3n) is 4.93. The number of benzene rings is 3. The van der Waals surface area contributed by atoms with Crippen molar-refractivity contribution in [2.75, 3.05) is 0 Å². The van der Waals surface area contributed by atoms with E-state index in [4.69, 9.17) is 10.1 Å². The number of carbonyl (C=O) groups excluding carboxylic acids is 2. The van der Waals surface area contributed by atoms with Crippen molar-refractivity contribution in [2.45, 2.75) is 13.8 Å². The van der Waals surface area contributed by atoms with Gasteiger partial charge in [0.1, 0.15) is 0 Å². The van der Waals surface area contributed by atoms with Crippen molar-refractivity contribution in [3.8, 4) is 22.4 Å². The third-order valence-corrected chi connectivity index (χ3v) is 4.93. The second-order valence-electron chi connectivity index (χ2n) is 7.33. The molecule has 161 valence electrons. The monoisotopic (exact) mass is 599 g/mol. The van der Waals surface area contributed by atoms with Gasteiger partial charge in [-0.3, -0.25) is 14.6 Å². The molecule has 5 rings (SSSR count). The number of carbonyl (C=O) groups is 2. The van der Waals surface area contributed by atoms with Crippen molar-refractivity contribution in [2.24, 2.45) is 0 Å². The van der Waals surface area contributed by atoms with E-state index in [0.717, 1.165) is 44.4 Å². The molecule has 4 aromatic rings. The number of aliphatic hydroxyl groups excluding tert-OH is 1. The standard InChI is InChI=1S/C22H12NO.C5H8O2.Ir/c24-22-17-9-5-4-8-16(17)18-12-15-10-11-20(14-6-2-1-3-7-14)23-21(15)13-19(18)22;1-4(6)3-5(2)7;/h1-6,8-13H;3,6H,1-2H3;/q-1;;/b;4-3-;. The average Bonchev–Trinajstić information content (AvgIpc) is 3.04.